The average Bonchev–Trinajstić information content (AvgIpc) is 3.54. The van der Waals surface area contributed by atoms with Crippen LogP contribution in [0.5, 0.6) is 5.75 Å². The lowest BCUT2D eigenvalue weighted by Crippen LogP contribution is -2.47. The van der Waals surface area contributed by atoms with E-state index in [4.69, 9.17) is 9.26 Å². The molecule has 9 heteroatoms. The Morgan fingerprint density at radius 3 is 2.42 bits per heavy atom. The van der Waals surface area contributed by atoms with Crippen molar-refractivity contribution in [3.8, 4) is 11.4 Å². The molecule has 1 N–H and O–H groups in total. The number of hydrogen-bond donors (Lipinski definition) is 1. The van der Waals surface area contributed by atoms with Gasteiger partial charge < -0.3 is 4.74 Å². The second-order valence-corrected chi connectivity index (χ2v) is 8.49. The highest BCUT2D eigenvalue weighted by Crippen LogP contribution is 2.34. The number of amides is 2. The first kappa shape index (κ1) is 21.1. The summed E-state index contributed by atoms with van der Waals surface area (Å²) in [7, 11) is 1.58. The number of aryl methyl sites for hydroxylation is 1. The van der Waals surface area contributed by atoms with Gasteiger partial charge in [0.25, 0.3) is 5.91 Å². The number of anilines is 1. The number of imide groups is 1. The number of H-pyrrole nitrogens is 1. The third-order valence-corrected chi connectivity index (χ3v) is 6.23. The van der Waals surface area contributed by atoms with Gasteiger partial charge in [0.2, 0.25) is 11.6 Å². The molecule has 1 saturated carbocycles. The topological polar surface area (TPSA) is 99.7 Å². The second kappa shape index (κ2) is 8.32. The van der Waals surface area contributed by atoms with Gasteiger partial charge in [0, 0.05) is 18.2 Å². The maximum absolute atomic E-state index is 13.3. The van der Waals surface area contributed by atoms with E-state index < -0.39 is 11.7 Å². The second-order valence-electron chi connectivity index (χ2n) is 8.49. The Hall–Kier alpha value is -3.72. The third kappa shape index (κ3) is 3.95. The Morgan fingerprint density at radius 2 is 1.79 bits per heavy atom. The number of aromatic nitrogens is 2. The average molecular weight is 449 g/mol. The smallest absolute Gasteiger partial charge is 0.431 e. The molecule has 2 aliphatic rings. The number of hydrogen-bond acceptors (Lipinski definition) is 6. The van der Waals surface area contributed by atoms with Crippen molar-refractivity contribution < 1.29 is 23.5 Å². The highest BCUT2D eigenvalue weighted by atomic mass is 16.5. The zero-order valence-electron chi connectivity index (χ0n) is 18.5. The largest absolute Gasteiger partial charge is 0.497 e. The quantitative estimate of drug-likeness (QED) is 0.437. The van der Waals surface area contributed by atoms with Crippen LogP contribution in [-0.4, -0.2) is 41.2 Å². The summed E-state index contributed by atoms with van der Waals surface area (Å²) in [4.78, 5) is 42.0. The number of ether oxygens (including phenoxy) is 1. The fourth-order valence-corrected chi connectivity index (χ4v) is 4.28. The van der Waals surface area contributed by atoms with Crippen molar-refractivity contribution in [2.45, 2.75) is 44.8 Å². The van der Waals surface area contributed by atoms with Gasteiger partial charge in [-0.15, -0.1) is 0 Å². The lowest BCUT2D eigenvalue weighted by molar-refractivity contribution is -0.678. The Labute approximate surface area is 190 Å². The molecule has 0 spiro atoms. The molecule has 0 radical (unpaired) electrons. The predicted octanol–water partition coefficient (Wildman–Crippen LogP) is 1.86. The van der Waals surface area contributed by atoms with Crippen molar-refractivity contribution in [1.29, 1.82) is 0 Å². The van der Waals surface area contributed by atoms with Gasteiger partial charge in [-0.05, 0) is 54.0 Å². The number of methoxy groups -OCH3 is 1. The Morgan fingerprint density at radius 1 is 1.09 bits per heavy atom. The third-order valence-electron chi connectivity index (χ3n) is 6.23. The van der Waals surface area contributed by atoms with Crippen LogP contribution in [0.3, 0.4) is 0 Å². The summed E-state index contributed by atoms with van der Waals surface area (Å²) < 4.78 is 11.8. The van der Waals surface area contributed by atoms with E-state index >= 15 is 0 Å². The van der Waals surface area contributed by atoms with E-state index in [1.165, 1.54) is 4.90 Å². The molecule has 2 fully saturated rings. The highest BCUT2D eigenvalue weighted by Gasteiger charge is 2.48. The molecular weight excluding hydrogens is 424 g/mol. The van der Waals surface area contributed by atoms with Crippen LogP contribution < -0.4 is 19.9 Å². The summed E-state index contributed by atoms with van der Waals surface area (Å²) in [6.45, 7) is 2.14. The Balaban J connectivity index is 1.44. The van der Waals surface area contributed by atoms with E-state index in [1.54, 1.807) is 48.2 Å². The van der Waals surface area contributed by atoms with Gasteiger partial charge in [-0.25, -0.2) is 9.69 Å². The van der Waals surface area contributed by atoms with Gasteiger partial charge in [0.05, 0.1) is 31.8 Å². The number of benzene rings is 2. The van der Waals surface area contributed by atoms with E-state index in [2.05, 4.69) is 5.27 Å². The molecule has 2 amide bonds. The summed E-state index contributed by atoms with van der Waals surface area (Å²) in [6, 6.07) is 14.0. The van der Waals surface area contributed by atoms with Gasteiger partial charge in [-0.3, -0.25) is 19.0 Å². The molecule has 1 aliphatic carbocycles. The van der Waals surface area contributed by atoms with Crippen LogP contribution in [0.25, 0.3) is 5.69 Å². The maximum atomic E-state index is 13.3. The van der Waals surface area contributed by atoms with Crippen LogP contribution >= 0.6 is 0 Å². The minimum absolute atomic E-state index is 0.0848. The van der Waals surface area contributed by atoms with Gasteiger partial charge in [-0.2, -0.15) is 0 Å². The van der Waals surface area contributed by atoms with Crippen LogP contribution in [0.15, 0.2) is 57.8 Å². The van der Waals surface area contributed by atoms with Gasteiger partial charge in [-0.1, -0.05) is 17.7 Å². The van der Waals surface area contributed by atoms with E-state index in [-0.39, 0.29) is 30.8 Å². The number of carbonyl (C=O) groups is 2. The fourth-order valence-electron chi connectivity index (χ4n) is 4.28. The monoisotopic (exact) mass is 449 g/mol. The van der Waals surface area contributed by atoms with Crippen molar-refractivity contribution in [2.75, 3.05) is 12.0 Å². The summed E-state index contributed by atoms with van der Waals surface area (Å²) in [5.74, 6) is 0.202. The fraction of sp³-hybridized carbons (Fsp3) is 0.333. The summed E-state index contributed by atoms with van der Waals surface area (Å²) in [6.07, 6.45) is 1.92. The van der Waals surface area contributed by atoms with Crippen LogP contribution in [0.4, 0.5) is 5.69 Å². The molecule has 2 aromatic carbocycles. The van der Waals surface area contributed by atoms with Gasteiger partial charge in [0.1, 0.15) is 5.75 Å². The van der Waals surface area contributed by atoms with E-state index in [0.29, 0.717) is 22.8 Å². The SMILES string of the molecule is COc1ccc(-[n+]2[nH]oc(=O)c2CN(C2CC2)C2CC(=O)N(c3ccc(C)cc3)C2=O)cc1. The zero-order valence-corrected chi connectivity index (χ0v) is 18.5. The Bertz CT molecular complexity index is 1240. The summed E-state index contributed by atoms with van der Waals surface area (Å²) in [5.41, 5.74) is 2.17. The predicted molar refractivity (Wildman–Crippen MR) is 118 cm³/mol. The van der Waals surface area contributed by atoms with Crippen LogP contribution in [0.2, 0.25) is 0 Å². The maximum Gasteiger partial charge on any atom is 0.431 e. The van der Waals surface area contributed by atoms with Crippen molar-refractivity contribution >= 4 is 17.5 Å². The lowest BCUT2D eigenvalue weighted by atomic mass is 10.2. The zero-order chi connectivity index (χ0) is 23.1. The molecule has 9 nitrogen and oxygen atoms in total. The molecule has 33 heavy (non-hydrogen) atoms. The van der Waals surface area contributed by atoms with Crippen LogP contribution in [0.1, 0.15) is 30.5 Å². The standard InChI is InChI=1S/C24H24N4O5/c1-15-3-5-17(6-4-15)27-22(29)13-20(23(27)30)26(16-7-8-16)14-21-24(31)33-25-28(21)18-9-11-19(32-2)12-10-18/h3-6,9-12,16,20H,7-8,13-14H2,1-2H3/p+1. The minimum Gasteiger partial charge on any atom is -0.497 e. The molecule has 1 aromatic heterocycles. The van der Waals surface area contributed by atoms with E-state index in [1.807, 2.05) is 24.0 Å². The molecular formula is C24H25N4O5+. The molecule has 1 unspecified atom stereocenters. The first-order chi connectivity index (χ1) is 16.0. The summed E-state index contributed by atoms with van der Waals surface area (Å²) in [5, 5.41) is 2.64. The molecule has 1 saturated heterocycles. The minimum atomic E-state index is -0.620. The van der Waals surface area contributed by atoms with Crippen LogP contribution in [0, 0.1) is 6.92 Å². The Kier molecular flexibility index (Phi) is 5.33. The van der Waals surface area contributed by atoms with Gasteiger partial charge in [0.15, 0.2) is 0 Å². The number of nitrogens with one attached hydrogen (secondary N) is 1. The molecule has 3 aromatic rings. The number of nitrogens with zero attached hydrogens (tertiary/aromatic N) is 3. The van der Waals surface area contributed by atoms with Crippen molar-refractivity contribution in [3.05, 3.63) is 70.2 Å². The summed E-state index contributed by atoms with van der Waals surface area (Å²) >= 11 is 0. The molecule has 1 aliphatic heterocycles. The van der Waals surface area contributed by atoms with Crippen molar-refractivity contribution in [3.63, 3.8) is 0 Å². The van der Waals surface area contributed by atoms with E-state index in [0.717, 1.165) is 18.4 Å². The normalized spacial score (nSPS) is 18.4. The molecule has 170 valence electrons. The van der Waals surface area contributed by atoms with Crippen molar-refractivity contribution in [1.82, 2.24) is 10.2 Å². The molecule has 0 bridgehead atoms. The van der Waals surface area contributed by atoms with E-state index in [9.17, 15) is 14.4 Å². The molecule has 1 atom stereocenters. The number of rotatable bonds is 7. The lowest BCUT2D eigenvalue weighted by Gasteiger charge is -2.25. The molecule has 2 heterocycles. The number of aromatic amines is 1. The van der Waals surface area contributed by atoms with Crippen molar-refractivity contribution in [2.24, 2.45) is 0 Å². The first-order valence-electron chi connectivity index (χ1n) is 10.9. The highest BCUT2D eigenvalue weighted by molar-refractivity contribution is 6.22. The van der Waals surface area contributed by atoms with Gasteiger partial charge >= 0.3 is 11.3 Å². The van der Waals surface area contributed by atoms with Crippen LogP contribution in [-0.2, 0) is 16.1 Å². The number of carbonyl (C=O) groups excluding carboxylic acids is 2. The first-order valence-corrected chi connectivity index (χ1v) is 10.9. The molecule has 5 rings (SSSR count).